The van der Waals surface area contributed by atoms with Gasteiger partial charge in [-0.3, -0.25) is 0 Å². The van der Waals surface area contributed by atoms with Crippen LogP contribution in [-0.2, 0) is 23.5 Å². The van der Waals surface area contributed by atoms with Crippen LogP contribution in [0.1, 0.15) is 22.4 Å². The molecule has 4 aromatic rings. The highest BCUT2D eigenvalue weighted by molar-refractivity contribution is 7.91. The molecule has 32 heavy (non-hydrogen) atoms. The van der Waals surface area contributed by atoms with E-state index >= 15 is 0 Å². The van der Waals surface area contributed by atoms with Crippen molar-refractivity contribution in [3.8, 4) is 11.8 Å². The van der Waals surface area contributed by atoms with Crippen LogP contribution in [0.15, 0.2) is 77.1 Å². The van der Waals surface area contributed by atoms with Gasteiger partial charge < -0.3 is 9.67 Å². The maximum absolute atomic E-state index is 13.0. The van der Waals surface area contributed by atoms with Crippen molar-refractivity contribution in [2.75, 3.05) is 6.61 Å². The molecule has 2 heterocycles. The lowest BCUT2D eigenvalue weighted by Crippen LogP contribution is -2.36. The number of rotatable bonds is 7. The number of aryl methyl sites for hydroxylation is 1. The Kier molecular flexibility index (Phi) is 6.77. The summed E-state index contributed by atoms with van der Waals surface area (Å²) in [5.41, 5.74) is 3.01. The smallest absolute Gasteiger partial charge is 0.250 e. The number of nitrogens with one attached hydrogen (secondary N) is 1. The molecule has 0 bridgehead atoms. The highest BCUT2D eigenvalue weighted by Crippen LogP contribution is 2.24. The zero-order valence-electron chi connectivity index (χ0n) is 17.7. The number of sulfonamides is 1. The molecule has 2 N–H and O–H groups in total. The van der Waals surface area contributed by atoms with Crippen LogP contribution in [0.4, 0.5) is 0 Å². The lowest BCUT2D eigenvalue weighted by molar-refractivity contribution is 0.271. The van der Waals surface area contributed by atoms with E-state index in [9.17, 15) is 13.5 Å². The Morgan fingerprint density at radius 1 is 1.03 bits per heavy atom. The van der Waals surface area contributed by atoms with Gasteiger partial charge in [-0.15, -0.1) is 11.3 Å². The zero-order valence-corrected chi connectivity index (χ0v) is 19.3. The van der Waals surface area contributed by atoms with E-state index in [4.69, 9.17) is 0 Å². The number of fused-ring (bicyclic) bond motifs is 1. The van der Waals surface area contributed by atoms with E-state index in [1.54, 1.807) is 12.1 Å². The molecule has 0 radical (unpaired) electrons. The normalized spacial score (nSPS) is 12.4. The number of nitrogens with zero attached hydrogens (tertiary/aromatic N) is 1. The Bertz CT molecular complexity index is 1380. The number of thiophene rings is 1. The van der Waals surface area contributed by atoms with E-state index in [0.717, 1.165) is 33.4 Å². The molecule has 0 aliphatic rings. The molecule has 1 atom stereocenters. The third-order valence-electron chi connectivity index (χ3n) is 5.20. The largest absolute Gasteiger partial charge is 0.396 e. The molecule has 4 rings (SSSR count). The van der Waals surface area contributed by atoms with E-state index in [1.807, 2.05) is 72.4 Å². The molecular formula is C25H24N2O3S2. The molecule has 0 aliphatic carbocycles. The lowest BCUT2D eigenvalue weighted by atomic mass is 10.0. The van der Waals surface area contributed by atoms with Crippen LogP contribution < -0.4 is 4.72 Å². The number of aromatic nitrogens is 1. The Morgan fingerprint density at radius 3 is 2.56 bits per heavy atom. The van der Waals surface area contributed by atoms with Crippen molar-refractivity contribution in [3.05, 3.63) is 88.9 Å². The fourth-order valence-corrected chi connectivity index (χ4v) is 6.12. The molecule has 0 saturated heterocycles. The van der Waals surface area contributed by atoms with Gasteiger partial charge in [0.15, 0.2) is 0 Å². The Morgan fingerprint density at radius 2 is 1.78 bits per heavy atom. The molecule has 0 fully saturated rings. The van der Waals surface area contributed by atoms with Gasteiger partial charge in [0.25, 0.3) is 0 Å². The molecule has 2 aromatic carbocycles. The monoisotopic (exact) mass is 464 g/mol. The minimum absolute atomic E-state index is 0.101. The summed E-state index contributed by atoms with van der Waals surface area (Å²) in [6.07, 6.45) is 2.84. The van der Waals surface area contributed by atoms with Gasteiger partial charge in [-0.25, -0.2) is 13.1 Å². The van der Waals surface area contributed by atoms with Crippen LogP contribution in [0.2, 0.25) is 0 Å². The van der Waals surface area contributed by atoms with Crippen LogP contribution in [0.3, 0.4) is 0 Å². The number of aliphatic hydroxyl groups is 1. The molecule has 7 heteroatoms. The van der Waals surface area contributed by atoms with Crippen LogP contribution in [0.25, 0.3) is 10.9 Å². The first-order valence-corrected chi connectivity index (χ1v) is 12.6. The molecule has 0 amide bonds. The zero-order chi connectivity index (χ0) is 22.6. The highest BCUT2D eigenvalue weighted by atomic mass is 32.2. The molecule has 5 nitrogen and oxygen atoms in total. The van der Waals surface area contributed by atoms with Crippen LogP contribution >= 0.6 is 11.3 Å². The van der Waals surface area contributed by atoms with Crippen molar-refractivity contribution in [1.29, 1.82) is 0 Å². The van der Waals surface area contributed by atoms with E-state index < -0.39 is 16.1 Å². The first-order chi connectivity index (χ1) is 15.5. The second-order valence-electron chi connectivity index (χ2n) is 7.55. The third kappa shape index (κ3) is 5.12. The first kappa shape index (κ1) is 22.3. The van der Waals surface area contributed by atoms with Crippen molar-refractivity contribution in [3.63, 3.8) is 0 Å². The first-order valence-electron chi connectivity index (χ1n) is 10.3. The summed E-state index contributed by atoms with van der Waals surface area (Å²) in [6.45, 7) is -0.101. The van der Waals surface area contributed by atoms with E-state index in [1.165, 1.54) is 0 Å². The van der Waals surface area contributed by atoms with Crippen molar-refractivity contribution in [1.82, 2.24) is 9.29 Å². The van der Waals surface area contributed by atoms with Gasteiger partial charge in [-0.2, -0.15) is 0 Å². The second-order valence-corrected chi connectivity index (χ2v) is 10.6. The molecule has 164 valence electrons. The molecule has 0 saturated carbocycles. The van der Waals surface area contributed by atoms with Gasteiger partial charge in [0, 0.05) is 42.4 Å². The van der Waals surface area contributed by atoms with Crippen molar-refractivity contribution >= 4 is 32.3 Å². The maximum Gasteiger partial charge on any atom is 0.250 e. The van der Waals surface area contributed by atoms with Crippen LogP contribution in [0.5, 0.6) is 0 Å². The quantitative estimate of drug-likeness (QED) is 0.408. The number of aliphatic hydroxyl groups excluding tert-OH is 1. The van der Waals surface area contributed by atoms with Gasteiger partial charge in [0.05, 0.1) is 4.88 Å². The van der Waals surface area contributed by atoms with Gasteiger partial charge in [-0.1, -0.05) is 48.2 Å². The fraction of sp³-hybridized carbons (Fsp3) is 0.200. The molecule has 0 spiro atoms. The molecular weight excluding hydrogens is 440 g/mol. The molecule has 0 unspecified atom stereocenters. The number of benzene rings is 2. The topological polar surface area (TPSA) is 71.3 Å². The standard InChI is InChI=1S/C25H24N2O3S2/c1-27-18-20(23-9-5-6-10-24(23)27)17-21(15-16-28)26-32(29,30)25-14-13-22(31-25)12-11-19-7-3-2-4-8-19/h2-10,13-14,18,21,26,28H,15-17H2,1H3/t21-/m1/s1. The van der Waals surface area contributed by atoms with E-state index in [0.29, 0.717) is 17.7 Å². The minimum atomic E-state index is -3.73. The summed E-state index contributed by atoms with van der Waals surface area (Å²) in [5.74, 6) is 6.08. The average molecular weight is 465 g/mol. The lowest BCUT2D eigenvalue weighted by Gasteiger charge is -2.17. The number of para-hydroxylation sites is 1. The Balaban J connectivity index is 1.53. The predicted octanol–water partition coefficient (Wildman–Crippen LogP) is 3.91. The SMILES string of the molecule is Cn1cc(C[C@@H](CCO)NS(=O)(=O)c2ccc(C#Cc3ccccc3)s2)c2ccccc21. The number of hydrogen-bond acceptors (Lipinski definition) is 4. The minimum Gasteiger partial charge on any atom is -0.396 e. The third-order valence-corrected chi connectivity index (χ3v) is 8.21. The van der Waals surface area contributed by atoms with E-state index in [-0.39, 0.29) is 10.8 Å². The molecule has 0 aliphatic heterocycles. The fourth-order valence-electron chi connectivity index (χ4n) is 3.68. The van der Waals surface area contributed by atoms with E-state index in [2.05, 4.69) is 16.6 Å². The average Bonchev–Trinajstić information content (AvgIpc) is 3.39. The summed E-state index contributed by atoms with van der Waals surface area (Å²) in [6, 6.07) is 20.5. The number of hydrogen-bond donors (Lipinski definition) is 2. The second kappa shape index (κ2) is 9.72. The Labute approximate surface area is 192 Å². The van der Waals surface area contributed by atoms with Gasteiger partial charge in [0.1, 0.15) is 4.21 Å². The Hall–Kier alpha value is -2.89. The van der Waals surface area contributed by atoms with Gasteiger partial charge >= 0.3 is 0 Å². The van der Waals surface area contributed by atoms with Gasteiger partial charge in [-0.05, 0) is 48.7 Å². The highest BCUT2D eigenvalue weighted by Gasteiger charge is 2.23. The van der Waals surface area contributed by atoms with Crippen LogP contribution in [-0.4, -0.2) is 30.7 Å². The molecule has 2 aromatic heterocycles. The summed E-state index contributed by atoms with van der Waals surface area (Å²) in [7, 11) is -1.75. The predicted molar refractivity (Wildman–Crippen MR) is 129 cm³/mol. The van der Waals surface area contributed by atoms with Gasteiger partial charge in [0.2, 0.25) is 10.0 Å². The summed E-state index contributed by atoms with van der Waals surface area (Å²) in [4.78, 5) is 0.682. The van der Waals surface area contributed by atoms with Crippen LogP contribution in [0, 0.1) is 11.8 Å². The van der Waals surface area contributed by atoms with Crippen molar-refractivity contribution in [2.45, 2.75) is 23.1 Å². The summed E-state index contributed by atoms with van der Waals surface area (Å²) >= 11 is 1.14. The maximum atomic E-state index is 13.0. The van der Waals surface area contributed by atoms with Crippen molar-refractivity contribution < 1.29 is 13.5 Å². The van der Waals surface area contributed by atoms with Crippen molar-refractivity contribution in [2.24, 2.45) is 7.05 Å². The summed E-state index contributed by atoms with van der Waals surface area (Å²) in [5, 5.41) is 10.6. The summed E-state index contributed by atoms with van der Waals surface area (Å²) < 4.78 is 31.1.